The standard InChI is InChI=1S/C13H14N6/c1-9-6-12(18(2)3)15-7-10(9)11-8-19-13(17-11)14-4-5-16-19/h4-8H,1-3H3. The van der Waals surface area contributed by atoms with E-state index in [0.29, 0.717) is 5.78 Å². The zero-order chi connectivity index (χ0) is 13.4. The molecule has 0 fully saturated rings. The first-order valence-corrected chi connectivity index (χ1v) is 5.96. The number of hydrogen-bond acceptors (Lipinski definition) is 5. The predicted molar refractivity (Wildman–Crippen MR) is 73.1 cm³/mol. The van der Waals surface area contributed by atoms with Gasteiger partial charge in [0.05, 0.1) is 24.3 Å². The predicted octanol–water partition coefficient (Wildman–Crippen LogP) is 1.56. The number of fused-ring (bicyclic) bond motifs is 1. The number of aryl methyl sites for hydroxylation is 1. The Kier molecular flexibility index (Phi) is 2.63. The van der Waals surface area contributed by atoms with Gasteiger partial charge in [-0.25, -0.2) is 19.5 Å². The third-order valence-electron chi connectivity index (χ3n) is 2.95. The smallest absolute Gasteiger partial charge is 0.251 e. The zero-order valence-electron chi connectivity index (χ0n) is 11.1. The summed E-state index contributed by atoms with van der Waals surface area (Å²) in [6.45, 7) is 2.05. The summed E-state index contributed by atoms with van der Waals surface area (Å²) in [6, 6.07) is 2.04. The lowest BCUT2D eigenvalue weighted by molar-refractivity contribution is 0.902. The molecule has 3 heterocycles. The van der Waals surface area contributed by atoms with Gasteiger partial charge in [0.2, 0.25) is 0 Å². The molecule has 0 unspecified atom stereocenters. The van der Waals surface area contributed by atoms with Crippen LogP contribution in [-0.4, -0.2) is 38.7 Å². The first-order chi connectivity index (χ1) is 9.15. The molecule has 3 aromatic rings. The van der Waals surface area contributed by atoms with E-state index in [-0.39, 0.29) is 0 Å². The Bertz CT molecular complexity index is 698. The van der Waals surface area contributed by atoms with Crippen molar-refractivity contribution in [3.8, 4) is 11.3 Å². The average molecular weight is 254 g/mol. The molecule has 0 saturated heterocycles. The summed E-state index contributed by atoms with van der Waals surface area (Å²) in [7, 11) is 3.94. The number of rotatable bonds is 2. The molecule has 0 N–H and O–H groups in total. The lowest BCUT2D eigenvalue weighted by Crippen LogP contribution is -2.10. The zero-order valence-corrected chi connectivity index (χ0v) is 11.1. The SMILES string of the molecule is Cc1cc(N(C)C)ncc1-c1cn2nccnc2n1. The molecule has 0 aromatic carbocycles. The summed E-state index contributed by atoms with van der Waals surface area (Å²) in [5, 5.41) is 4.17. The van der Waals surface area contributed by atoms with E-state index < -0.39 is 0 Å². The van der Waals surface area contributed by atoms with Crippen molar-refractivity contribution in [1.82, 2.24) is 24.6 Å². The summed E-state index contributed by atoms with van der Waals surface area (Å²) in [6.07, 6.45) is 6.97. The molecule has 0 aliphatic heterocycles. The third-order valence-corrected chi connectivity index (χ3v) is 2.95. The van der Waals surface area contributed by atoms with Crippen molar-refractivity contribution in [2.24, 2.45) is 0 Å². The first kappa shape index (κ1) is 11.6. The molecule has 0 amide bonds. The Morgan fingerprint density at radius 2 is 2.00 bits per heavy atom. The fourth-order valence-electron chi connectivity index (χ4n) is 1.92. The largest absolute Gasteiger partial charge is 0.363 e. The Morgan fingerprint density at radius 1 is 1.16 bits per heavy atom. The van der Waals surface area contributed by atoms with Crippen molar-refractivity contribution in [3.63, 3.8) is 0 Å². The van der Waals surface area contributed by atoms with Crippen LogP contribution in [0.5, 0.6) is 0 Å². The van der Waals surface area contributed by atoms with Gasteiger partial charge in [0, 0.05) is 25.9 Å². The van der Waals surface area contributed by atoms with Crippen LogP contribution in [0, 0.1) is 6.92 Å². The van der Waals surface area contributed by atoms with Gasteiger partial charge in [-0.15, -0.1) is 0 Å². The van der Waals surface area contributed by atoms with E-state index in [1.165, 1.54) is 0 Å². The maximum atomic E-state index is 4.45. The van der Waals surface area contributed by atoms with Crippen LogP contribution < -0.4 is 4.90 Å². The van der Waals surface area contributed by atoms with Crippen LogP contribution in [0.15, 0.2) is 30.9 Å². The maximum absolute atomic E-state index is 4.45. The summed E-state index contributed by atoms with van der Waals surface area (Å²) < 4.78 is 1.66. The average Bonchev–Trinajstić information content (AvgIpc) is 2.81. The molecule has 0 spiro atoms. The normalized spacial score (nSPS) is 10.9. The molecule has 19 heavy (non-hydrogen) atoms. The van der Waals surface area contributed by atoms with Crippen molar-refractivity contribution in [2.75, 3.05) is 19.0 Å². The second-order valence-corrected chi connectivity index (χ2v) is 4.57. The van der Waals surface area contributed by atoms with E-state index in [4.69, 9.17) is 0 Å². The number of imidazole rings is 1. The highest BCUT2D eigenvalue weighted by Crippen LogP contribution is 2.23. The van der Waals surface area contributed by atoms with Crippen LogP contribution in [-0.2, 0) is 0 Å². The van der Waals surface area contributed by atoms with Gasteiger partial charge in [-0.05, 0) is 18.6 Å². The van der Waals surface area contributed by atoms with Gasteiger partial charge in [-0.1, -0.05) is 0 Å². The lowest BCUT2D eigenvalue weighted by Gasteiger charge is -2.12. The van der Waals surface area contributed by atoms with Crippen LogP contribution in [0.25, 0.3) is 17.0 Å². The van der Waals surface area contributed by atoms with E-state index in [2.05, 4.69) is 27.0 Å². The topological polar surface area (TPSA) is 59.2 Å². The highest BCUT2D eigenvalue weighted by atomic mass is 15.3. The molecule has 0 bridgehead atoms. The maximum Gasteiger partial charge on any atom is 0.251 e. The summed E-state index contributed by atoms with van der Waals surface area (Å²) in [5.74, 6) is 1.52. The van der Waals surface area contributed by atoms with Gasteiger partial charge < -0.3 is 4.90 Å². The molecule has 3 rings (SSSR count). The van der Waals surface area contributed by atoms with Gasteiger partial charge >= 0.3 is 0 Å². The second kappa shape index (κ2) is 4.31. The highest BCUT2D eigenvalue weighted by molar-refractivity contribution is 5.65. The van der Waals surface area contributed by atoms with E-state index in [1.807, 2.05) is 37.5 Å². The monoisotopic (exact) mass is 254 g/mol. The minimum Gasteiger partial charge on any atom is -0.363 e. The molecule has 3 aromatic heterocycles. The highest BCUT2D eigenvalue weighted by Gasteiger charge is 2.10. The van der Waals surface area contributed by atoms with Gasteiger partial charge in [0.15, 0.2) is 0 Å². The molecule has 0 aliphatic rings. The third kappa shape index (κ3) is 2.01. The fraction of sp³-hybridized carbons (Fsp3) is 0.231. The van der Waals surface area contributed by atoms with Gasteiger partial charge in [-0.3, -0.25) is 0 Å². The molecular weight excluding hydrogens is 240 g/mol. The molecule has 6 heteroatoms. The Hall–Kier alpha value is -2.50. The Balaban J connectivity index is 2.11. The lowest BCUT2D eigenvalue weighted by atomic mass is 10.1. The van der Waals surface area contributed by atoms with Crippen LogP contribution in [0.3, 0.4) is 0 Å². The second-order valence-electron chi connectivity index (χ2n) is 4.57. The minimum atomic E-state index is 0.591. The van der Waals surface area contributed by atoms with E-state index in [1.54, 1.807) is 16.9 Å². The number of nitrogens with zero attached hydrogens (tertiary/aromatic N) is 6. The summed E-state index contributed by atoms with van der Waals surface area (Å²) in [4.78, 5) is 15.0. The van der Waals surface area contributed by atoms with Crippen molar-refractivity contribution in [3.05, 3.63) is 36.4 Å². The number of anilines is 1. The number of aromatic nitrogens is 5. The van der Waals surface area contributed by atoms with Gasteiger partial charge in [0.25, 0.3) is 5.78 Å². The van der Waals surface area contributed by atoms with Crippen molar-refractivity contribution >= 4 is 11.6 Å². The van der Waals surface area contributed by atoms with E-state index >= 15 is 0 Å². The van der Waals surface area contributed by atoms with Gasteiger partial charge in [0.1, 0.15) is 5.82 Å². The molecular formula is C13H14N6. The van der Waals surface area contributed by atoms with Gasteiger partial charge in [-0.2, -0.15) is 5.10 Å². The van der Waals surface area contributed by atoms with Crippen LogP contribution in [0.2, 0.25) is 0 Å². The minimum absolute atomic E-state index is 0.591. The van der Waals surface area contributed by atoms with Crippen molar-refractivity contribution in [1.29, 1.82) is 0 Å². The molecule has 96 valence electrons. The fourth-order valence-corrected chi connectivity index (χ4v) is 1.92. The van der Waals surface area contributed by atoms with Crippen molar-refractivity contribution < 1.29 is 0 Å². The Morgan fingerprint density at radius 3 is 2.68 bits per heavy atom. The molecule has 0 saturated carbocycles. The molecule has 0 radical (unpaired) electrons. The molecule has 0 atom stereocenters. The summed E-state index contributed by atoms with van der Waals surface area (Å²) >= 11 is 0. The quantitative estimate of drug-likeness (QED) is 0.694. The van der Waals surface area contributed by atoms with E-state index in [0.717, 1.165) is 22.6 Å². The number of pyridine rings is 1. The van der Waals surface area contributed by atoms with Crippen LogP contribution in [0.1, 0.15) is 5.56 Å². The molecule has 0 aliphatic carbocycles. The first-order valence-electron chi connectivity index (χ1n) is 5.96. The Labute approximate surface area is 110 Å². The molecule has 6 nitrogen and oxygen atoms in total. The van der Waals surface area contributed by atoms with Crippen LogP contribution in [0.4, 0.5) is 5.82 Å². The summed E-state index contributed by atoms with van der Waals surface area (Å²) in [5.41, 5.74) is 2.96. The van der Waals surface area contributed by atoms with Crippen LogP contribution >= 0.6 is 0 Å². The van der Waals surface area contributed by atoms with Crippen molar-refractivity contribution in [2.45, 2.75) is 6.92 Å². The van der Waals surface area contributed by atoms with E-state index in [9.17, 15) is 0 Å². The number of hydrogen-bond donors (Lipinski definition) is 0.